The van der Waals surface area contributed by atoms with Crippen molar-refractivity contribution in [3.8, 4) is 0 Å². The maximum absolute atomic E-state index is 11.8. The molecule has 0 spiro atoms. The number of hydrogen-bond acceptors (Lipinski definition) is 22. The van der Waals surface area contributed by atoms with E-state index in [1.54, 1.807) is 0 Å². The normalized spacial score (nSPS) is 60.4. The number of rotatable bonds is 1. The number of hydrogen-bond donors (Lipinski definition) is 1. The molecule has 0 amide bonds. The zero-order valence-corrected chi connectivity index (χ0v) is 61.8. The van der Waals surface area contributed by atoms with E-state index in [0.29, 0.717) is 77.4 Å². The second kappa shape index (κ2) is 20.1. The Morgan fingerprint density at radius 3 is 1.43 bits per heavy atom. The van der Waals surface area contributed by atoms with Gasteiger partial charge in [-0.3, -0.25) is 29.3 Å². The minimum atomic E-state index is -3.38. The molecule has 29 heteroatoms. The SMILES string of the molecule is CC1(C)C2CC3C1OS(=O)(=O)C3C2.CC1C2CC3C(C)(C2)C1OS3(=O)=O.CC1C2CC3C(C2)S(=O)(=O)OC13C.CC1C2CC3C1OS(=O)(=O)C3C2.CC1C2OS(=O)(=O)C3CC1(C)CC23.CC1C2OS(=O)(=O)C3CC1(C)CC23C.CC1C2OS(=O)(=O)C3CC1(CO)CC23C. The Morgan fingerprint density at radius 1 is 0.376 bits per heavy atom. The molecule has 0 aromatic heterocycles. The summed E-state index contributed by atoms with van der Waals surface area (Å²) in [4.78, 5) is 0. The van der Waals surface area contributed by atoms with Crippen LogP contribution in [0.2, 0.25) is 0 Å². The van der Waals surface area contributed by atoms with Crippen LogP contribution >= 0.6 is 0 Å². The minimum absolute atomic E-state index is 0.00579. The first-order valence-corrected chi connectivity index (χ1v) is 44.9. The average molecular weight is 1450 g/mol. The van der Waals surface area contributed by atoms with Gasteiger partial charge < -0.3 is 5.11 Å². The van der Waals surface area contributed by atoms with E-state index in [0.717, 1.165) is 83.5 Å². The summed E-state index contributed by atoms with van der Waals surface area (Å²) in [5, 5.41) is 8.00. The first kappa shape index (κ1) is 68.1. The zero-order chi connectivity index (χ0) is 67.6. The first-order chi connectivity index (χ1) is 42.5. The summed E-state index contributed by atoms with van der Waals surface area (Å²) in [7, 11) is -22.7. The zero-order valence-electron chi connectivity index (χ0n) is 56.1. The fourth-order valence-electron chi connectivity index (χ4n) is 25.9. The summed E-state index contributed by atoms with van der Waals surface area (Å²) < 4.78 is 199. The Balaban J connectivity index is 0.0000000898. The number of aliphatic hydroxyl groups is 1. The van der Waals surface area contributed by atoms with Crippen LogP contribution in [0, 0.1) is 121 Å². The molecule has 21 rings (SSSR count). The van der Waals surface area contributed by atoms with Gasteiger partial charge in [0.2, 0.25) is 0 Å². The number of fused-ring (bicyclic) bond motifs is 7. The van der Waals surface area contributed by atoms with E-state index < -0.39 is 76.1 Å². The lowest BCUT2D eigenvalue weighted by Crippen LogP contribution is -2.40. The highest BCUT2D eigenvalue weighted by Gasteiger charge is 2.77. The van der Waals surface area contributed by atoms with E-state index >= 15 is 0 Å². The predicted octanol–water partition coefficient (Wildman–Crippen LogP) is 7.41. The number of aliphatic hydroxyl groups excluding tert-OH is 1. The van der Waals surface area contributed by atoms with Crippen LogP contribution < -0.4 is 0 Å². The van der Waals surface area contributed by atoms with Crippen LogP contribution in [0.25, 0.3) is 0 Å². The van der Waals surface area contributed by atoms with Crippen LogP contribution in [-0.4, -0.2) is 150 Å². The Labute approximate surface area is 553 Å². The third-order valence-corrected chi connectivity index (χ3v) is 44.5. The third kappa shape index (κ3) is 9.08. The van der Waals surface area contributed by atoms with Crippen molar-refractivity contribution < 1.29 is 93.3 Å². The summed E-state index contributed by atoms with van der Waals surface area (Å²) in [5.74, 6) is 5.75. The van der Waals surface area contributed by atoms with Crippen molar-refractivity contribution in [3.63, 3.8) is 0 Å². The monoisotopic (exact) mass is 1440 g/mol. The van der Waals surface area contributed by atoms with Crippen molar-refractivity contribution in [1.82, 2.24) is 0 Å². The minimum Gasteiger partial charge on any atom is -0.396 e. The van der Waals surface area contributed by atoms with E-state index in [-0.39, 0.29) is 130 Å². The van der Waals surface area contributed by atoms with Crippen LogP contribution in [0.5, 0.6) is 0 Å². The lowest BCUT2D eigenvalue weighted by atomic mass is 9.73. The third-order valence-electron chi connectivity index (χ3n) is 31.7. The van der Waals surface area contributed by atoms with Gasteiger partial charge >= 0.3 is 0 Å². The largest absolute Gasteiger partial charge is 0.396 e. The molecule has 530 valence electrons. The highest BCUT2D eigenvalue weighted by atomic mass is 32.2. The second-order valence-corrected chi connectivity index (χ2v) is 48.5. The molecule has 0 radical (unpaired) electrons. The van der Waals surface area contributed by atoms with E-state index in [4.69, 9.17) is 29.3 Å². The van der Waals surface area contributed by atoms with Gasteiger partial charge in [0.15, 0.2) is 0 Å². The van der Waals surface area contributed by atoms with E-state index in [1.807, 2.05) is 20.8 Å². The molecular formula is C64H100O22S7. The molecule has 21 aliphatic rings. The lowest BCUT2D eigenvalue weighted by Gasteiger charge is -2.33. The van der Waals surface area contributed by atoms with Crippen LogP contribution in [0.4, 0.5) is 0 Å². The first-order valence-electron chi connectivity index (χ1n) is 34.6. The summed E-state index contributed by atoms with van der Waals surface area (Å²) >= 11 is 0. The smallest absolute Gasteiger partial charge is 0.271 e. The molecule has 0 aromatic carbocycles. The molecule has 1 N–H and O–H groups in total. The molecule has 34 unspecified atom stereocenters. The summed E-state index contributed by atoms with van der Waals surface area (Å²) in [5.41, 5.74) is -0.529. The van der Waals surface area contributed by atoms with E-state index in [2.05, 4.69) is 76.2 Å². The average Bonchev–Trinajstić information content (AvgIpc) is 1.51. The van der Waals surface area contributed by atoms with Gasteiger partial charge in [0.25, 0.3) is 70.8 Å². The van der Waals surface area contributed by atoms with Crippen LogP contribution in [-0.2, 0) is 100 Å². The maximum Gasteiger partial charge on any atom is 0.271 e. The molecule has 14 saturated carbocycles. The van der Waals surface area contributed by atoms with Crippen molar-refractivity contribution in [2.75, 3.05) is 6.61 Å². The molecule has 0 aromatic rings. The van der Waals surface area contributed by atoms with Crippen LogP contribution in [0.3, 0.4) is 0 Å². The van der Waals surface area contributed by atoms with Gasteiger partial charge in [0, 0.05) is 51.9 Å². The van der Waals surface area contributed by atoms with Crippen molar-refractivity contribution in [2.24, 2.45) is 121 Å². The van der Waals surface area contributed by atoms with E-state index in [1.165, 1.54) is 0 Å². The Kier molecular flexibility index (Phi) is 14.8. The summed E-state index contributed by atoms with van der Waals surface area (Å²) in [6.07, 6.45) is 12.3. The van der Waals surface area contributed by atoms with Gasteiger partial charge in [-0.2, -0.15) is 58.9 Å². The van der Waals surface area contributed by atoms with Crippen LogP contribution in [0.1, 0.15) is 187 Å². The van der Waals surface area contributed by atoms with Gasteiger partial charge in [0.05, 0.1) is 79.0 Å². The molecule has 7 saturated heterocycles. The quantitative estimate of drug-likeness (QED) is 0.250. The summed E-state index contributed by atoms with van der Waals surface area (Å²) in [6.45, 7) is 29.5. The fourth-order valence-corrected chi connectivity index (χ4v) is 40.7. The Hall–Kier alpha value is -0.670. The van der Waals surface area contributed by atoms with Gasteiger partial charge in [-0.1, -0.05) is 90.0 Å². The van der Waals surface area contributed by atoms with Crippen molar-refractivity contribution >= 4 is 70.8 Å². The predicted molar refractivity (Wildman–Crippen MR) is 339 cm³/mol. The van der Waals surface area contributed by atoms with E-state index in [9.17, 15) is 64.0 Å². The maximum atomic E-state index is 11.8. The topological polar surface area (TPSA) is 324 Å². The fraction of sp³-hybridized carbons (Fsp3) is 1.00. The Morgan fingerprint density at radius 2 is 0.925 bits per heavy atom. The summed E-state index contributed by atoms with van der Waals surface area (Å²) in [6, 6.07) is 0. The van der Waals surface area contributed by atoms with Crippen LogP contribution in [0.15, 0.2) is 0 Å². The van der Waals surface area contributed by atoms with Crippen molar-refractivity contribution in [1.29, 1.82) is 0 Å². The molecule has 34 atom stereocenters. The lowest BCUT2D eigenvalue weighted by molar-refractivity contribution is 0.0295. The molecule has 93 heavy (non-hydrogen) atoms. The molecule has 14 bridgehead atoms. The van der Waals surface area contributed by atoms with Crippen molar-refractivity contribution in [3.05, 3.63) is 0 Å². The van der Waals surface area contributed by atoms with Gasteiger partial charge in [-0.15, -0.1) is 0 Å². The molecule has 14 aliphatic carbocycles. The molecule has 21 fully saturated rings. The Bertz CT molecular complexity index is 3990. The molecule has 22 nitrogen and oxygen atoms in total. The van der Waals surface area contributed by atoms with Gasteiger partial charge in [0.1, 0.15) is 0 Å². The standard InChI is InChI=1S/C10H16O4S.C10H16O3S.4C9H14O3S.C8H12O3S/c1-6-8-9(2)4-10(6,5-11)3-7(9)15(12,13)14-8;1-6-8-10(3)5-9(6,2)4-7(10)14(11,12)13-8;1-9(2)5-3-6-7(4-5)13(10,11)12-8(6)9;1-5-8-6-3-9(5,2)4-7(6)13(10,11)12-8;1-5-6-3-7-9(2,4-6)8(5)12-13(7,10)11;1-5-6-3-7-8(4-6)13(10,11)12-9(5,7)2;1-4-5-2-6-7(3-5)12(9,10)11-8(4)6/h6-8,11H,3-5H2,1-2H3;6-8H,4-5H2,1-3H3;4*5-8H,3-4H2,1-2H3;4-8H,2-3H2,1H3. The highest BCUT2D eigenvalue weighted by molar-refractivity contribution is 7.89. The van der Waals surface area contributed by atoms with Crippen molar-refractivity contribution in [2.45, 2.75) is 266 Å². The van der Waals surface area contributed by atoms with Gasteiger partial charge in [-0.25, -0.2) is 0 Å². The molecule has 7 aliphatic heterocycles. The van der Waals surface area contributed by atoms with Gasteiger partial charge in [-0.05, 0) is 172 Å². The molecular weight excluding hydrogens is 1350 g/mol. The molecule has 7 heterocycles. The highest BCUT2D eigenvalue weighted by Crippen LogP contribution is 2.73. The second-order valence-electron chi connectivity index (χ2n) is 36.2.